The lowest BCUT2D eigenvalue weighted by molar-refractivity contribution is -0.485. The van der Waals surface area contributed by atoms with Crippen LogP contribution in [-0.4, -0.2) is 42.3 Å². The van der Waals surface area contributed by atoms with Crippen LogP contribution in [0.15, 0.2) is 5.10 Å². The molecular weight excluding hydrogens is 200 g/mol. The van der Waals surface area contributed by atoms with Gasteiger partial charge in [-0.05, 0) is 6.42 Å². The molecule has 1 rings (SSSR count). The van der Waals surface area contributed by atoms with E-state index in [9.17, 15) is 10.1 Å². The quantitative estimate of drug-likeness (QED) is 0.525. The first kappa shape index (κ1) is 11.7. The van der Waals surface area contributed by atoms with Crippen molar-refractivity contribution in [1.29, 1.82) is 0 Å². The van der Waals surface area contributed by atoms with Gasteiger partial charge in [0.15, 0.2) is 5.03 Å². The van der Waals surface area contributed by atoms with Crippen LogP contribution in [0.4, 0.5) is 0 Å². The SMILES string of the molecule is CCCC(OC)N1CCNC1=N[N+](=O)[O-]. The Morgan fingerprint density at radius 3 is 3.07 bits per heavy atom. The smallest absolute Gasteiger partial charge is 0.273 e. The number of hydrazone groups is 1. The molecule has 0 aliphatic carbocycles. The molecule has 1 saturated heterocycles. The number of guanidine groups is 1. The Hall–Kier alpha value is -1.37. The second-order valence-electron chi connectivity index (χ2n) is 3.26. The average molecular weight is 216 g/mol. The lowest BCUT2D eigenvalue weighted by atomic mass is 10.3. The number of nitro groups is 1. The summed E-state index contributed by atoms with van der Waals surface area (Å²) >= 11 is 0. The van der Waals surface area contributed by atoms with E-state index < -0.39 is 5.03 Å². The zero-order valence-corrected chi connectivity index (χ0v) is 8.97. The molecule has 0 aromatic rings. The molecule has 0 radical (unpaired) electrons. The Balaban J connectivity index is 2.69. The van der Waals surface area contributed by atoms with E-state index in [1.54, 1.807) is 12.0 Å². The molecular formula is C8H16N4O3. The van der Waals surface area contributed by atoms with Crippen molar-refractivity contribution in [3.05, 3.63) is 10.1 Å². The zero-order valence-electron chi connectivity index (χ0n) is 8.97. The maximum Gasteiger partial charge on any atom is 0.273 e. The largest absolute Gasteiger partial charge is 0.362 e. The van der Waals surface area contributed by atoms with E-state index in [0.717, 1.165) is 12.8 Å². The Kier molecular flexibility index (Phi) is 4.29. The van der Waals surface area contributed by atoms with Gasteiger partial charge >= 0.3 is 0 Å². The fourth-order valence-corrected chi connectivity index (χ4v) is 1.59. The van der Waals surface area contributed by atoms with E-state index in [0.29, 0.717) is 19.0 Å². The Morgan fingerprint density at radius 2 is 2.53 bits per heavy atom. The molecule has 1 aliphatic rings. The molecule has 0 saturated carbocycles. The maximum atomic E-state index is 10.3. The second-order valence-corrected chi connectivity index (χ2v) is 3.26. The molecule has 1 N–H and O–H groups in total. The van der Waals surface area contributed by atoms with Crippen LogP contribution in [0.5, 0.6) is 0 Å². The van der Waals surface area contributed by atoms with E-state index in [4.69, 9.17) is 4.74 Å². The molecule has 0 aromatic carbocycles. The van der Waals surface area contributed by atoms with Crippen molar-refractivity contribution in [3.8, 4) is 0 Å². The molecule has 1 fully saturated rings. The second kappa shape index (κ2) is 5.50. The molecule has 1 heterocycles. The van der Waals surface area contributed by atoms with Gasteiger partial charge in [0.2, 0.25) is 0 Å². The minimum absolute atomic E-state index is 0.135. The van der Waals surface area contributed by atoms with Gasteiger partial charge in [-0.3, -0.25) is 0 Å². The molecule has 1 atom stereocenters. The van der Waals surface area contributed by atoms with Crippen molar-refractivity contribution >= 4 is 5.96 Å². The molecule has 0 aromatic heterocycles. The van der Waals surface area contributed by atoms with E-state index in [-0.39, 0.29) is 6.23 Å². The van der Waals surface area contributed by atoms with Gasteiger partial charge in [0.1, 0.15) is 11.3 Å². The number of nitrogens with one attached hydrogen (secondary N) is 1. The molecule has 1 aliphatic heterocycles. The Morgan fingerprint density at radius 1 is 1.80 bits per heavy atom. The molecule has 86 valence electrons. The standard InChI is InChI=1S/C8H16N4O3/c1-3-4-7(15-2)11-6-5-9-8(11)10-12(13)14/h7H,3-6H2,1-2H3,(H,9,10). The van der Waals surface area contributed by atoms with Crippen LogP contribution < -0.4 is 5.32 Å². The predicted octanol–water partition coefficient (Wildman–Crippen LogP) is 0.212. The number of hydrogen-bond donors (Lipinski definition) is 1. The lowest BCUT2D eigenvalue weighted by Gasteiger charge is -2.25. The van der Waals surface area contributed by atoms with Gasteiger partial charge in [-0.1, -0.05) is 13.3 Å². The van der Waals surface area contributed by atoms with E-state index in [2.05, 4.69) is 10.4 Å². The first-order chi connectivity index (χ1) is 7.19. The molecule has 7 nitrogen and oxygen atoms in total. The lowest BCUT2D eigenvalue weighted by Crippen LogP contribution is -2.40. The third-order valence-corrected chi connectivity index (χ3v) is 2.24. The highest BCUT2D eigenvalue weighted by molar-refractivity contribution is 5.81. The normalized spacial score (nSPS) is 20.4. The number of ether oxygens (including phenoxy) is 1. The van der Waals surface area contributed by atoms with Crippen molar-refractivity contribution < 1.29 is 9.77 Å². The highest BCUT2D eigenvalue weighted by Gasteiger charge is 2.27. The van der Waals surface area contributed by atoms with Crippen molar-refractivity contribution in [3.63, 3.8) is 0 Å². The van der Waals surface area contributed by atoms with Crippen molar-refractivity contribution in [2.75, 3.05) is 20.2 Å². The zero-order chi connectivity index (χ0) is 11.3. The van der Waals surface area contributed by atoms with Gasteiger partial charge in [-0.15, -0.1) is 0 Å². The van der Waals surface area contributed by atoms with Crippen LogP contribution in [0.25, 0.3) is 0 Å². The van der Waals surface area contributed by atoms with E-state index >= 15 is 0 Å². The van der Waals surface area contributed by atoms with Gasteiger partial charge in [0, 0.05) is 20.2 Å². The van der Waals surface area contributed by atoms with Gasteiger partial charge in [-0.2, -0.15) is 0 Å². The fourth-order valence-electron chi connectivity index (χ4n) is 1.59. The summed E-state index contributed by atoms with van der Waals surface area (Å²) < 4.78 is 5.27. The number of hydrogen-bond acceptors (Lipinski definition) is 3. The Labute approximate surface area is 88.2 Å². The molecule has 1 unspecified atom stereocenters. The van der Waals surface area contributed by atoms with Crippen molar-refractivity contribution in [2.24, 2.45) is 5.10 Å². The molecule has 0 amide bonds. The average Bonchev–Trinajstić information content (AvgIpc) is 2.61. The summed E-state index contributed by atoms with van der Waals surface area (Å²) in [6.45, 7) is 3.39. The summed E-state index contributed by atoms with van der Waals surface area (Å²) in [6, 6.07) is 0. The molecule has 0 spiro atoms. The van der Waals surface area contributed by atoms with Crippen LogP contribution in [0.3, 0.4) is 0 Å². The summed E-state index contributed by atoms with van der Waals surface area (Å²) in [4.78, 5) is 12.1. The number of rotatable bonds is 5. The van der Waals surface area contributed by atoms with Crippen LogP contribution >= 0.6 is 0 Å². The first-order valence-electron chi connectivity index (χ1n) is 4.95. The monoisotopic (exact) mass is 216 g/mol. The van der Waals surface area contributed by atoms with Crippen LogP contribution in [-0.2, 0) is 4.74 Å². The molecule has 0 bridgehead atoms. The summed E-state index contributed by atoms with van der Waals surface area (Å²) in [5, 5.41) is 15.7. The third-order valence-electron chi connectivity index (χ3n) is 2.24. The van der Waals surface area contributed by atoms with Crippen molar-refractivity contribution in [2.45, 2.75) is 26.0 Å². The third kappa shape index (κ3) is 3.05. The van der Waals surface area contributed by atoms with Gasteiger partial charge in [0.25, 0.3) is 5.96 Å². The van der Waals surface area contributed by atoms with Gasteiger partial charge < -0.3 is 15.0 Å². The first-order valence-corrected chi connectivity index (χ1v) is 4.95. The number of methoxy groups -OCH3 is 1. The van der Waals surface area contributed by atoms with Crippen molar-refractivity contribution in [1.82, 2.24) is 10.2 Å². The highest BCUT2D eigenvalue weighted by atomic mass is 16.7. The topological polar surface area (TPSA) is 80.0 Å². The van der Waals surface area contributed by atoms with Gasteiger partial charge in [0.05, 0.1) is 0 Å². The van der Waals surface area contributed by atoms with Crippen LogP contribution in [0.1, 0.15) is 19.8 Å². The molecule has 7 heteroatoms. The highest BCUT2D eigenvalue weighted by Crippen LogP contribution is 2.10. The molecule has 15 heavy (non-hydrogen) atoms. The van der Waals surface area contributed by atoms with Crippen LogP contribution in [0, 0.1) is 10.1 Å². The minimum Gasteiger partial charge on any atom is -0.362 e. The number of nitrogens with zero attached hydrogens (tertiary/aromatic N) is 3. The summed E-state index contributed by atoms with van der Waals surface area (Å²) in [5.74, 6) is 0.292. The minimum atomic E-state index is -0.695. The van der Waals surface area contributed by atoms with Crippen LogP contribution in [0.2, 0.25) is 0 Å². The van der Waals surface area contributed by atoms with E-state index in [1.807, 2.05) is 6.92 Å². The fraction of sp³-hybridized carbons (Fsp3) is 0.875. The summed E-state index contributed by atoms with van der Waals surface area (Å²) in [7, 11) is 1.60. The Bertz CT molecular complexity index is 256. The van der Waals surface area contributed by atoms with E-state index in [1.165, 1.54) is 0 Å². The van der Waals surface area contributed by atoms with Gasteiger partial charge in [-0.25, -0.2) is 10.1 Å². The predicted molar refractivity (Wildman–Crippen MR) is 54.8 cm³/mol. The maximum absolute atomic E-state index is 10.3. The summed E-state index contributed by atoms with van der Waals surface area (Å²) in [5.41, 5.74) is 0. The summed E-state index contributed by atoms with van der Waals surface area (Å²) in [6.07, 6.45) is 1.65.